The SMILES string of the molecule is CCCN(C)c1nc(N)c(C(=O)NCC(COC)OC)s1. The number of ether oxygens (including phenoxy) is 2. The Morgan fingerprint density at radius 2 is 2.24 bits per heavy atom. The number of nitrogens with one attached hydrogen (secondary N) is 1. The highest BCUT2D eigenvalue weighted by Crippen LogP contribution is 2.27. The smallest absolute Gasteiger partial charge is 0.265 e. The predicted molar refractivity (Wildman–Crippen MR) is 85.1 cm³/mol. The van der Waals surface area contributed by atoms with E-state index in [2.05, 4.69) is 17.2 Å². The fourth-order valence-corrected chi connectivity index (χ4v) is 2.65. The van der Waals surface area contributed by atoms with Gasteiger partial charge in [-0.3, -0.25) is 4.79 Å². The van der Waals surface area contributed by atoms with Crippen LogP contribution in [0, 0.1) is 0 Å². The monoisotopic (exact) mass is 316 g/mol. The molecule has 0 fully saturated rings. The molecule has 0 radical (unpaired) electrons. The Bertz CT molecular complexity index is 453. The number of hydrogen-bond acceptors (Lipinski definition) is 7. The Hall–Kier alpha value is -1.38. The Morgan fingerprint density at radius 1 is 1.52 bits per heavy atom. The van der Waals surface area contributed by atoms with Gasteiger partial charge in [0, 0.05) is 34.4 Å². The molecule has 1 heterocycles. The fourth-order valence-electron chi connectivity index (χ4n) is 1.76. The summed E-state index contributed by atoms with van der Waals surface area (Å²) in [6.45, 7) is 3.73. The highest BCUT2D eigenvalue weighted by molar-refractivity contribution is 7.18. The van der Waals surface area contributed by atoms with Crippen molar-refractivity contribution in [3.05, 3.63) is 4.88 Å². The van der Waals surface area contributed by atoms with Crippen LogP contribution in [0.4, 0.5) is 10.9 Å². The molecule has 7 nitrogen and oxygen atoms in total. The molecule has 0 aliphatic heterocycles. The summed E-state index contributed by atoms with van der Waals surface area (Å²) < 4.78 is 10.2. The predicted octanol–water partition coefficient (Wildman–Crippen LogP) is 0.963. The van der Waals surface area contributed by atoms with Crippen molar-refractivity contribution in [2.45, 2.75) is 19.4 Å². The van der Waals surface area contributed by atoms with Gasteiger partial charge in [-0.05, 0) is 6.42 Å². The van der Waals surface area contributed by atoms with E-state index in [1.54, 1.807) is 14.2 Å². The van der Waals surface area contributed by atoms with Crippen LogP contribution in [0.5, 0.6) is 0 Å². The first kappa shape index (κ1) is 17.7. The average molecular weight is 316 g/mol. The van der Waals surface area contributed by atoms with Crippen LogP contribution in [0.15, 0.2) is 0 Å². The molecule has 0 aromatic carbocycles. The molecule has 3 N–H and O–H groups in total. The molecule has 0 saturated heterocycles. The molecule has 1 unspecified atom stereocenters. The zero-order valence-electron chi connectivity index (χ0n) is 13.0. The first-order valence-electron chi connectivity index (χ1n) is 6.80. The first-order chi connectivity index (χ1) is 10.0. The highest BCUT2D eigenvalue weighted by Gasteiger charge is 2.19. The molecule has 1 amide bonds. The molecule has 0 saturated carbocycles. The molecular formula is C13H24N4O3S. The van der Waals surface area contributed by atoms with Crippen LogP contribution in [-0.2, 0) is 9.47 Å². The van der Waals surface area contributed by atoms with Gasteiger partial charge in [0.2, 0.25) is 0 Å². The van der Waals surface area contributed by atoms with E-state index in [-0.39, 0.29) is 17.8 Å². The fraction of sp³-hybridized carbons (Fsp3) is 0.692. The summed E-state index contributed by atoms with van der Waals surface area (Å²) in [5, 5.41) is 3.54. The van der Waals surface area contributed by atoms with Crippen molar-refractivity contribution in [2.24, 2.45) is 0 Å². The lowest BCUT2D eigenvalue weighted by atomic mass is 10.3. The van der Waals surface area contributed by atoms with Gasteiger partial charge >= 0.3 is 0 Å². The molecular weight excluding hydrogens is 292 g/mol. The number of carbonyl (C=O) groups is 1. The highest BCUT2D eigenvalue weighted by atomic mass is 32.1. The lowest BCUT2D eigenvalue weighted by Gasteiger charge is -2.14. The number of nitrogen functional groups attached to an aromatic ring is 1. The Labute approximate surface area is 129 Å². The van der Waals surface area contributed by atoms with Crippen LogP contribution in [0.2, 0.25) is 0 Å². The van der Waals surface area contributed by atoms with Gasteiger partial charge < -0.3 is 25.4 Å². The Morgan fingerprint density at radius 3 is 2.81 bits per heavy atom. The van der Waals surface area contributed by atoms with Crippen LogP contribution < -0.4 is 16.0 Å². The van der Waals surface area contributed by atoms with Crippen molar-refractivity contribution >= 4 is 28.2 Å². The van der Waals surface area contributed by atoms with Gasteiger partial charge in [-0.1, -0.05) is 18.3 Å². The number of nitrogens with two attached hydrogens (primary N) is 1. The molecule has 0 bridgehead atoms. The number of aromatic nitrogens is 1. The lowest BCUT2D eigenvalue weighted by molar-refractivity contribution is 0.0286. The number of hydrogen-bond donors (Lipinski definition) is 2. The van der Waals surface area contributed by atoms with E-state index in [9.17, 15) is 4.79 Å². The minimum absolute atomic E-state index is 0.185. The lowest BCUT2D eigenvalue weighted by Crippen LogP contribution is -2.35. The third-order valence-corrected chi connectivity index (χ3v) is 4.09. The van der Waals surface area contributed by atoms with Gasteiger partial charge in [-0.15, -0.1) is 0 Å². The summed E-state index contributed by atoms with van der Waals surface area (Å²) in [5.74, 6) is 0.0236. The van der Waals surface area contributed by atoms with Crippen LogP contribution >= 0.6 is 11.3 Å². The summed E-state index contributed by atoms with van der Waals surface area (Å²) in [4.78, 5) is 18.8. The maximum Gasteiger partial charge on any atom is 0.265 e. The van der Waals surface area contributed by atoms with Gasteiger partial charge in [0.05, 0.1) is 12.7 Å². The van der Waals surface area contributed by atoms with E-state index in [0.717, 1.165) is 18.1 Å². The number of methoxy groups -OCH3 is 2. The van der Waals surface area contributed by atoms with E-state index < -0.39 is 0 Å². The quantitative estimate of drug-likeness (QED) is 0.705. The molecule has 8 heteroatoms. The molecule has 0 aliphatic rings. The van der Waals surface area contributed by atoms with E-state index in [1.807, 2.05) is 11.9 Å². The van der Waals surface area contributed by atoms with Crippen LogP contribution in [0.1, 0.15) is 23.0 Å². The molecule has 0 aliphatic carbocycles. The Kier molecular flexibility index (Phi) is 7.41. The third kappa shape index (κ3) is 5.14. The number of rotatable bonds is 9. The maximum atomic E-state index is 12.1. The molecule has 120 valence electrons. The molecule has 1 aromatic heterocycles. The van der Waals surface area contributed by atoms with Crippen molar-refractivity contribution in [1.29, 1.82) is 0 Å². The second-order valence-corrected chi connectivity index (χ2v) is 5.63. The first-order valence-corrected chi connectivity index (χ1v) is 7.62. The zero-order chi connectivity index (χ0) is 15.8. The largest absolute Gasteiger partial charge is 0.382 e. The van der Waals surface area contributed by atoms with Gasteiger partial charge in [-0.25, -0.2) is 4.98 Å². The second-order valence-electron chi connectivity index (χ2n) is 4.66. The third-order valence-electron chi connectivity index (χ3n) is 2.91. The van der Waals surface area contributed by atoms with E-state index in [0.29, 0.717) is 18.0 Å². The topological polar surface area (TPSA) is 89.7 Å². The molecule has 0 spiro atoms. The van der Waals surface area contributed by atoms with Crippen molar-refractivity contribution in [3.63, 3.8) is 0 Å². The van der Waals surface area contributed by atoms with Crippen molar-refractivity contribution in [1.82, 2.24) is 10.3 Å². The number of thiazole rings is 1. The minimum Gasteiger partial charge on any atom is -0.382 e. The summed E-state index contributed by atoms with van der Waals surface area (Å²) in [7, 11) is 5.10. The van der Waals surface area contributed by atoms with Crippen molar-refractivity contribution < 1.29 is 14.3 Å². The van der Waals surface area contributed by atoms with Crippen LogP contribution in [-0.4, -0.2) is 58.0 Å². The van der Waals surface area contributed by atoms with E-state index in [4.69, 9.17) is 15.2 Å². The molecule has 1 atom stereocenters. The van der Waals surface area contributed by atoms with E-state index in [1.165, 1.54) is 11.3 Å². The number of anilines is 2. The molecule has 1 aromatic rings. The molecule has 21 heavy (non-hydrogen) atoms. The summed E-state index contributed by atoms with van der Waals surface area (Å²) in [5.41, 5.74) is 5.83. The normalized spacial score (nSPS) is 12.2. The summed E-state index contributed by atoms with van der Waals surface area (Å²) >= 11 is 1.29. The van der Waals surface area contributed by atoms with Crippen molar-refractivity contribution in [3.8, 4) is 0 Å². The zero-order valence-corrected chi connectivity index (χ0v) is 13.8. The standard InChI is InChI=1S/C13H24N4O3S/c1-5-6-17(2)13-16-11(14)10(21-13)12(18)15-7-9(20-4)8-19-3/h9H,5-8,14H2,1-4H3,(H,15,18). The van der Waals surface area contributed by atoms with Gasteiger partial charge in [-0.2, -0.15) is 0 Å². The minimum atomic E-state index is -0.237. The number of amides is 1. The Balaban J connectivity index is 2.65. The molecule has 1 rings (SSSR count). The van der Waals surface area contributed by atoms with Crippen molar-refractivity contribution in [2.75, 3.05) is 51.6 Å². The van der Waals surface area contributed by atoms with Crippen LogP contribution in [0.3, 0.4) is 0 Å². The maximum absolute atomic E-state index is 12.1. The number of nitrogens with zero attached hydrogens (tertiary/aromatic N) is 2. The van der Waals surface area contributed by atoms with Gasteiger partial charge in [0.15, 0.2) is 5.13 Å². The van der Waals surface area contributed by atoms with Gasteiger partial charge in [0.1, 0.15) is 10.7 Å². The summed E-state index contributed by atoms with van der Waals surface area (Å²) in [6.07, 6.45) is 0.819. The van der Waals surface area contributed by atoms with E-state index >= 15 is 0 Å². The van der Waals surface area contributed by atoms with Crippen LogP contribution in [0.25, 0.3) is 0 Å². The number of carbonyl (C=O) groups excluding carboxylic acids is 1. The van der Waals surface area contributed by atoms with Gasteiger partial charge in [0.25, 0.3) is 5.91 Å². The average Bonchev–Trinajstić information content (AvgIpc) is 2.85. The summed E-state index contributed by atoms with van der Waals surface area (Å²) in [6, 6.07) is 0. The second kappa shape index (κ2) is 8.81.